The van der Waals surface area contributed by atoms with Crippen molar-refractivity contribution in [2.24, 2.45) is 5.92 Å². The van der Waals surface area contributed by atoms with E-state index in [0.29, 0.717) is 5.92 Å². The minimum absolute atomic E-state index is 0.0261. The third-order valence-electron chi connectivity index (χ3n) is 4.23. The zero-order valence-electron chi connectivity index (χ0n) is 13.7. The number of piperidine rings is 1. The molecule has 24 heavy (non-hydrogen) atoms. The van der Waals surface area contributed by atoms with Crippen molar-refractivity contribution >= 4 is 17.5 Å². The molecule has 0 aromatic carbocycles. The molecule has 0 bridgehead atoms. The number of carbonyl (C=O) groups is 1. The van der Waals surface area contributed by atoms with Gasteiger partial charge in [-0.05, 0) is 55.5 Å². The van der Waals surface area contributed by atoms with Crippen molar-refractivity contribution in [1.82, 2.24) is 14.9 Å². The number of rotatable bonds is 5. The van der Waals surface area contributed by atoms with Crippen LogP contribution in [0.4, 0.5) is 11.6 Å². The summed E-state index contributed by atoms with van der Waals surface area (Å²) in [6.45, 7) is 5.19. The van der Waals surface area contributed by atoms with E-state index in [4.69, 9.17) is 0 Å². The molecule has 1 amide bonds. The van der Waals surface area contributed by atoms with Gasteiger partial charge in [0.2, 0.25) is 5.91 Å². The van der Waals surface area contributed by atoms with Crippen LogP contribution >= 0.6 is 0 Å². The molecule has 3 rings (SSSR count). The lowest BCUT2D eigenvalue weighted by molar-refractivity contribution is -0.127. The van der Waals surface area contributed by atoms with Crippen LogP contribution in [0.1, 0.15) is 18.5 Å². The summed E-state index contributed by atoms with van der Waals surface area (Å²) >= 11 is 0. The molecule has 0 aliphatic carbocycles. The molecule has 0 unspecified atom stereocenters. The highest BCUT2D eigenvalue weighted by atomic mass is 16.2. The first-order valence-corrected chi connectivity index (χ1v) is 8.30. The van der Waals surface area contributed by atoms with Crippen LogP contribution in [0.25, 0.3) is 0 Å². The lowest BCUT2D eigenvalue weighted by Crippen LogP contribution is -2.39. The molecule has 0 radical (unpaired) electrons. The first-order chi connectivity index (χ1) is 11.7. The van der Waals surface area contributed by atoms with Crippen molar-refractivity contribution in [3.05, 3.63) is 60.9 Å². The van der Waals surface area contributed by atoms with Gasteiger partial charge in [-0.1, -0.05) is 18.7 Å². The maximum absolute atomic E-state index is 11.8. The molecular formula is C19H22N4O. The van der Waals surface area contributed by atoms with Gasteiger partial charge < -0.3 is 10.2 Å². The van der Waals surface area contributed by atoms with Gasteiger partial charge in [-0.25, -0.2) is 9.97 Å². The second-order valence-corrected chi connectivity index (χ2v) is 6.05. The Kier molecular flexibility index (Phi) is 5.21. The number of pyridine rings is 2. The number of hydrogen-bond acceptors (Lipinski definition) is 4. The van der Waals surface area contributed by atoms with E-state index in [-0.39, 0.29) is 5.91 Å². The molecule has 1 aliphatic heterocycles. The Morgan fingerprint density at radius 2 is 2.17 bits per heavy atom. The van der Waals surface area contributed by atoms with Crippen molar-refractivity contribution in [2.45, 2.75) is 19.3 Å². The molecule has 1 aliphatic rings. The van der Waals surface area contributed by atoms with Gasteiger partial charge in [0.15, 0.2) is 0 Å². The summed E-state index contributed by atoms with van der Waals surface area (Å²) in [6.07, 6.45) is 6.19. The van der Waals surface area contributed by atoms with Gasteiger partial charge in [0.1, 0.15) is 11.6 Å². The lowest BCUT2D eigenvalue weighted by Gasteiger charge is -2.32. The first-order valence-electron chi connectivity index (χ1n) is 8.30. The van der Waals surface area contributed by atoms with Crippen LogP contribution in [0, 0.1) is 5.92 Å². The lowest BCUT2D eigenvalue weighted by atomic mass is 9.93. The molecule has 2 aromatic heterocycles. The minimum atomic E-state index is 0.0261. The third kappa shape index (κ3) is 4.19. The normalized spacial score (nSPS) is 17.3. The van der Waals surface area contributed by atoms with Crippen LogP contribution in [0.3, 0.4) is 0 Å². The summed E-state index contributed by atoms with van der Waals surface area (Å²) in [6, 6.07) is 11.7. The van der Waals surface area contributed by atoms with Crippen LogP contribution < -0.4 is 5.32 Å². The number of nitrogens with zero attached hydrogens (tertiary/aromatic N) is 3. The number of likely N-dealkylation sites (tertiary alicyclic amines) is 1. The maximum atomic E-state index is 11.8. The maximum Gasteiger partial charge on any atom is 0.245 e. The number of hydrogen-bond donors (Lipinski definition) is 1. The van der Waals surface area contributed by atoms with Crippen molar-refractivity contribution in [3.63, 3.8) is 0 Å². The molecule has 0 spiro atoms. The fraction of sp³-hybridized carbons (Fsp3) is 0.316. The van der Waals surface area contributed by atoms with Crippen molar-refractivity contribution in [1.29, 1.82) is 0 Å². The molecule has 1 saturated heterocycles. The van der Waals surface area contributed by atoms with Gasteiger partial charge in [0, 0.05) is 25.0 Å². The molecule has 5 heteroatoms. The Morgan fingerprint density at radius 1 is 1.29 bits per heavy atom. The zero-order chi connectivity index (χ0) is 16.8. The average Bonchev–Trinajstić information content (AvgIpc) is 2.62. The van der Waals surface area contributed by atoms with Gasteiger partial charge >= 0.3 is 0 Å². The van der Waals surface area contributed by atoms with E-state index in [2.05, 4.69) is 21.9 Å². The zero-order valence-corrected chi connectivity index (χ0v) is 13.7. The summed E-state index contributed by atoms with van der Waals surface area (Å²) in [4.78, 5) is 22.6. The molecule has 3 heterocycles. The topological polar surface area (TPSA) is 58.1 Å². The molecule has 0 saturated carbocycles. The highest BCUT2D eigenvalue weighted by Gasteiger charge is 2.22. The fourth-order valence-corrected chi connectivity index (χ4v) is 3.09. The summed E-state index contributed by atoms with van der Waals surface area (Å²) in [5.74, 6) is 2.04. The highest BCUT2D eigenvalue weighted by Crippen LogP contribution is 2.21. The van der Waals surface area contributed by atoms with E-state index in [0.717, 1.165) is 49.7 Å². The average molecular weight is 322 g/mol. The van der Waals surface area contributed by atoms with Crippen molar-refractivity contribution < 1.29 is 4.79 Å². The SMILES string of the molecule is C=CC(=O)N1CCC[C@@H](Cc2cccc(Nc3ccccn3)n2)C1. The van der Waals surface area contributed by atoms with Crippen LogP contribution in [-0.4, -0.2) is 33.9 Å². The Labute approximate surface area is 142 Å². The fourth-order valence-electron chi connectivity index (χ4n) is 3.09. The van der Waals surface area contributed by atoms with Gasteiger partial charge in [-0.15, -0.1) is 0 Å². The Morgan fingerprint density at radius 3 is 2.96 bits per heavy atom. The molecule has 1 atom stereocenters. The van der Waals surface area contributed by atoms with Crippen LogP contribution in [0.2, 0.25) is 0 Å². The van der Waals surface area contributed by atoms with E-state index in [1.165, 1.54) is 6.08 Å². The molecule has 5 nitrogen and oxygen atoms in total. The van der Waals surface area contributed by atoms with Crippen LogP contribution in [-0.2, 0) is 11.2 Å². The Balaban J connectivity index is 1.64. The number of carbonyl (C=O) groups excluding carboxylic acids is 1. The van der Waals surface area contributed by atoms with Gasteiger partial charge in [0.25, 0.3) is 0 Å². The van der Waals surface area contributed by atoms with Gasteiger partial charge in [-0.2, -0.15) is 0 Å². The summed E-state index contributed by atoms with van der Waals surface area (Å²) in [5, 5.41) is 3.22. The quantitative estimate of drug-likeness (QED) is 0.859. The van der Waals surface area contributed by atoms with E-state index >= 15 is 0 Å². The van der Waals surface area contributed by atoms with Crippen LogP contribution in [0.5, 0.6) is 0 Å². The largest absolute Gasteiger partial charge is 0.339 e. The van der Waals surface area contributed by atoms with E-state index < -0.39 is 0 Å². The van der Waals surface area contributed by atoms with Crippen LogP contribution in [0.15, 0.2) is 55.3 Å². The summed E-state index contributed by atoms with van der Waals surface area (Å²) in [7, 11) is 0. The molecule has 1 fully saturated rings. The highest BCUT2D eigenvalue weighted by molar-refractivity contribution is 5.87. The molecule has 1 N–H and O–H groups in total. The number of nitrogens with one attached hydrogen (secondary N) is 1. The number of amides is 1. The summed E-state index contributed by atoms with van der Waals surface area (Å²) in [5.41, 5.74) is 1.04. The first kappa shape index (κ1) is 16.2. The number of aromatic nitrogens is 2. The summed E-state index contributed by atoms with van der Waals surface area (Å²) < 4.78 is 0. The Hall–Kier alpha value is -2.69. The second-order valence-electron chi connectivity index (χ2n) is 6.05. The third-order valence-corrected chi connectivity index (χ3v) is 4.23. The smallest absolute Gasteiger partial charge is 0.245 e. The predicted molar refractivity (Wildman–Crippen MR) is 95.0 cm³/mol. The number of anilines is 2. The predicted octanol–water partition coefficient (Wildman–Crippen LogP) is 3.19. The van der Waals surface area contributed by atoms with Gasteiger partial charge in [0.05, 0.1) is 0 Å². The molecular weight excluding hydrogens is 300 g/mol. The van der Waals surface area contributed by atoms with E-state index in [9.17, 15) is 4.79 Å². The minimum Gasteiger partial charge on any atom is -0.339 e. The van der Waals surface area contributed by atoms with E-state index in [1.807, 2.05) is 41.3 Å². The van der Waals surface area contributed by atoms with Crippen molar-refractivity contribution in [3.8, 4) is 0 Å². The molecule has 124 valence electrons. The van der Waals surface area contributed by atoms with Gasteiger partial charge in [-0.3, -0.25) is 4.79 Å². The second kappa shape index (κ2) is 7.73. The monoisotopic (exact) mass is 322 g/mol. The van der Waals surface area contributed by atoms with Crippen molar-refractivity contribution in [2.75, 3.05) is 18.4 Å². The molecule has 2 aromatic rings. The standard InChI is InChI=1S/C19H22N4O/c1-2-19(24)23-12-6-7-15(14-23)13-16-8-5-10-18(21-16)22-17-9-3-4-11-20-17/h2-5,8-11,15H,1,6-7,12-14H2,(H,20,21,22)/t15-/m0/s1. The van der Waals surface area contributed by atoms with E-state index in [1.54, 1.807) is 6.20 Å². The Bertz CT molecular complexity index is 702.